The van der Waals surface area contributed by atoms with Crippen LogP contribution in [0.15, 0.2) is 36.5 Å². The summed E-state index contributed by atoms with van der Waals surface area (Å²) >= 11 is 0. The second-order valence-electron chi connectivity index (χ2n) is 10.3. The lowest BCUT2D eigenvalue weighted by atomic mass is 9.46. The molecule has 0 aromatic rings. The second kappa shape index (κ2) is 5.47. The van der Waals surface area contributed by atoms with Crippen LogP contribution in [-0.2, 0) is 9.53 Å². The highest BCUT2D eigenvalue weighted by Crippen LogP contribution is 2.79. The topological polar surface area (TPSA) is 26.3 Å². The van der Waals surface area contributed by atoms with Crippen molar-refractivity contribution in [3.05, 3.63) is 36.5 Å². The fraction of sp³-hybridized carbons (Fsp3) is 0.720. The number of allylic oxidation sites excluding steroid dienone is 2. The quantitative estimate of drug-likeness (QED) is 0.636. The molecule has 2 heteroatoms. The molecule has 6 rings (SSSR count). The molecule has 0 bridgehead atoms. The Morgan fingerprint density at radius 2 is 2.22 bits per heavy atom. The number of ketones is 1. The molecule has 0 amide bonds. The van der Waals surface area contributed by atoms with Gasteiger partial charge in [0, 0.05) is 11.8 Å². The smallest absolute Gasteiger partial charge is 0.155 e. The fourth-order valence-corrected chi connectivity index (χ4v) is 9.00. The molecule has 0 saturated heterocycles. The monoisotopic (exact) mass is 364 g/mol. The molecule has 5 aliphatic carbocycles. The average Bonchev–Trinajstić information content (AvgIpc) is 3.26. The van der Waals surface area contributed by atoms with Crippen LogP contribution in [0.5, 0.6) is 0 Å². The largest absolute Gasteiger partial charge is 0.366 e. The van der Waals surface area contributed by atoms with Crippen LogP contribution in [0.3, 0.4) is 0 Å². The van der Waals surface area contributed by atoms with E-state index < -0.39 is 0 Å². The van der Waals surface area contributed by atoms with E-state index in [1.165, 1.54) is 31.3 Å². The van der Waals surface area contributed by atoms with Crippen molar-refractivity contribution in [2.45, 2.75) is 57.5 Å². The van der Waals surface area contributed by atoms with Gasteiger partial charge in [-0.2, -0.15) is 0 Å². The van der Waals surface area contributed by atoms with Gasteiger partial charge in [-0.25, -0.2) is 0 Å². The van der Waals surface area contributed by atoms with Gasteiger partial charge < -0.3 is 4.74 Å². The molecule has 6 aliphatic rings. The van der Waals surface area contributed by atoms with Gasteiger partial charge in [0.2, 0.25) is 0 Å². The van der Waals surface area contributed by atoms with Gasteiger partial charge >= 0.3 is 0 Å². The Kier molecular flexibility index (Phi) is 3.40. The maximum Gasteiger partial charge on any atom is 0.155 e. The van der Waals surface area contributed by atoms with Gasteiger partial charge in [0.05, 0.1) is 12.2 Å². The van der Waals surface area contributed by atoms with Gasteiger partial charge in [0.1, 0.15) is 0 Å². The molecular weight excluding hydrogens is 332 g/mol. The van der Waals surface area contributed by atoms with Crippen molar-refractivity contribution < 1.29 is 9.53 Å². The molecule has 0 radical (unpaired) electrons. The van der Waals surface area contributed by atoms with Crippen LogP contribution in [0, 0.1) is 46.8 Å². The Morgan fingerprint density at radius 1 is 1.33 bits per heavy atom. The fourth-order valence-electron chi connectivity index (χ4n) is 9.00. The van der Waals surface area contributed by atoms with E-state index in [0.29, 0.717) is 23.0 Å². The Bertz CT molecular complexity index is 762. The number of fused-ring (bicyclic) bond motifs is 9. The minimum atomic E-state index is 0.0341. The molecular formula is C25H32O2. The van der Waals surface area contributed by atoms with Gasteiger partial charge in [-0.05, 0) is 86.0 Å². The molecule has 1 spiro atoms. The minimum Gasteiger partial charge on any atom is -0.366 e. The van der Waals surface area contributed by atoms with Crippen molar-refractivity contribution in [2.24, 2.45) is 46.8 Å². The summed E-state index contributed by atoms with van der Waals surface area (Å²) < 4.78 is 6.60. The Morgan fingerprint density at radius 3 is 2.96 bits per heavy atom. The zero-order chi connectivity index (χ0) is 18.4. The number of rotatable bonds is 2. The highest BCUT2D eigenvalue weighted by molar-refractivity contribution is 5.91. The van der Waals surface area contributed by atoms with Gasteiger partial charge in [-0.1, -0.05) is 30.7 Å². The van der Waals surface area contributed by atoms with Crippen LogP contribution in [0.2, 0.25) is 0 Å². The highest BCUT2D eigenvalue weighted by atomic mass is 16.5. The maximum atomic E-state index is 12.1. The van der Waals surface area contributed by atoms with Crippen LogP contribution in [0.1, 0.15) is 51.9 Å². The maximum absolute atomic E-state index is 12.1. The molecule has 4 saturated carbocycles. The zero-order valence-corrected chi connectivity index (χ0v) is 16.5. The minimum absolute atomic E-state index is 0.0341. The molecule has 144 valence electrons. The molecule has 6 unspecified atom stereocenters. The first-order chi connectivity index (χ1) is 13.1. The van der Waals surface area contributed by atoms with Crippen molar-refractivity contribution in [2.75, 3.05) is 6.61 Å². The molecule has 0 aromatic heterocycles. The van der Waals surface area contributed by atoms with E-state index in [2.05, 4.69) is 31.7 Å². The van der Waals surface area contributed by atoms with E-state index in [1.807, 2.05) is 6.08 Å². The summed E-state index contributed by atoms with van der Waals surface area (Å²) in [4.78, 5) is 12.1. The molecule has 27 heavy (non-hydrogen) atoms. The van der Waals surface area contributed by atoms with Crippen LogP contribution in [0.25, 0.3) is 0 Å². The molecule has 2 nitrogen and oxygen atoms in total. The molecule has 0 N–H and O–H groups in total. The lowest BCUT2D eigenvalue weighted by molar-refractivity contribution is -0.148. The van der Waals surface area contributed by atoms with Gasteiger partial charge in [0.15, 0.2) is 5.78 Å². The van der Waals surface area contributed by atoms with Crippen molar-refractivity contribution >= 4 is 5.78 Å². The normalized spacial score (nSPS) is 54.8. The van der Waals surface area contributed by atoms with Crippen molar-refractivity contribution in [1.82, 2.24) is 0 Å². The first-order valence-electron chi connectivity index (χ1n) is 11.3. The highest BCUT2D eigenvalue weighted by Gasteiger charge is 2.77. The summed E-state index contributed by atoms with van der Waals surface area (Å²) in [7, 11) is 0. The summed E-state index contributed by atoms with van der Waals surface area (Å²) in [6, 6.07) is 0. The molecule has 1 heterocycles. The van der Waals surface area contributed by atoms with Gasteiger partial charge in [0.25, 0.3) is 0 Å². The van der Waals surface area contributed by atoms with E-state index in [0.717, 1.165) is 55.5 Å². The Labute approximate surface area is 163 Å². The number of hydrogen-bond acceptors (Lipinski definition) is 2. The van der Waals surface area contributed by atoms with E-state index in [1.54, 1.807) is 0 Å². The number of ether oxygens (including phenoxy) is 1. The van der Waals surface area contributed by atoms with Gasteiger partial charge in [-0.15, -0.1) is 6.58 Å². The first kappa shape index (κ1) is 16.8. The third-order valence-corrected chi connectivity index (χ3v) is 9.83. The summed E-state index contributed by atoms with van der Waals surface area (Å²) in [6.45, 7) is 7.50. The summed E-state index contributed by atoms with van der Waals surface area (Å²) in [5.41, 5.74) is 1.83. The van der Waals surface area contributed by atoms with Crippen LogP contribution < -0.4 is 0 Å². The third-order valence-electron chi connectivity index (χ3n) is 9.83. The summed E-state index contributed by atoms with van der Waals surface area (Å²) in [5.74, 6) is 5.47. The average molecular weight is 365 g/mol. The Hall–Kier alpha value is -1.15. The SMILES string of the molecule is C=CC1CC2=CC(=O)CCC2C2CC[C@@]3(CC)C(C12)[C@@H]1C[C@@H]1C31C=CCO1. The molecule has 4 fully saturated rings. The third kappa shape index (κ3) is 1.89. The van der Waals surface area contributed by atoms with Gasteiger partial charge in [-0.3, -0.25) is 4.79 Å². The molecule has 9 atom stereocenters. The van der Waals surface area contributed by atoms with E-state index in [4.69, 9.17) is 4.74 Å². The molecule has 0 aromatic carbocycles. The van der Waals surface area contributed by atoms with Crippen molar-refractivity contribution in [3.8, 4) is 0 Å². The van der Waals surface area contributed by atoms with Crippen molar-refractivity contribution in [3.63, 3.8) is 0 Å². The van der Waals surface area contributed by atoms with Crippen LogP contribution in [-0.4, -0.2) is 18.0 Å². The second-order valence-corrected chi connectivity index (χ2v) is 10.3. The first-order valence-corrected chi connectivity index (χ1v) is 11.3. The number of carbonyl (C=O) groups excluding carboxylic acids is 1. The lowest BCUT2D eigenvalue weighted by Gasteiger charge is -2.60. The predicted octanol–water partition coefficient (Wildman–Crippen LogP) is 5.11. The van der Waals surface area contributed by atoms with E-state index in [-0.39, 0.29) is 5.60 Å². The zero-order valence-electron chi connectivity index (χ0n) is 16.5. The van der Waals surface area contributed by atoms with E-state index in [9.17, 15) is 4.79 Å². The number of hydrogen-bond donors (Lipinski definition) is 0. The predicted molar refractivity (Wildman–Crippen MR) is 106 cm³/mol. The van der Waals surface area contributed by atoms with E-state index >= 15 is 0 Å². The standard InChI is InChI=1S/C25H32O2/c1-3-15-12-16-13-17(26)6-7-18(16)19-8-10-24(4-2)23(22(15)19)20-14-21(20)25(24)9-5-11-27-25/h3,5,9,13,15,18-23H,1,4,6-8,10-12,14H2,2H3/t15?,18?,19?,20-,21+,22?,23?,24+,25?/m1/s1. The van der Waals surface area contributed by atoms with Crippen molar-refractivity contribution in [1.29, 1.82) is 0 Å². The summed E-state index contributed by atoms with van der Waals surface area (Å²) in [6.07, 6.45) is 17.2. The lowest BCUT2D eigenvalue weighted by Crippen LogP contribution is -2.57. The Balaban J connectivity index is 1.45. The van der Waals surface area contributed by atoms with Crippen LogP contribution >= 0.6 is 0 Å². The summed E-state index contributed by atoms with van der Waals surface area (Å²) in [5, 5.41) is 0. The molecule has 1 aliphatic heterocycles. The number of carbonyl (C=O) groups is 1. The van der Waals surface area contributed by atoms with Crippen LogP contribution in [0.4, 0.5) is 0 Å².